The Bertz CT molecular complexity index is 3290. The van der Waals surface area contributed by atoms with Gasteiger partial charge in [-0.2, -0.15) is 13.2 Å². The third kappa shape index (κ3) is 19.4. The molecule has 3 heterocycles. The molecule has 12 amide bonds. The number of likely N-dealkylation sites (N-methyl/N-ethyl adjacent to an activating group) is 6. The summed E-state index contributed by atoms with van der Waals surface area (Å²) in [5, 5.41) is 10.8. The molecule has 1 saturated carbocycles. The molecular weight excluding hydrogens is 1310 g/mol. The van der Waals surface area contributed by atoms with Gasteiger partial charge in [0.1, 0.15) is 59.9 Å². The van der Waals surface area contributed by atoms with Gasteiger partial charge in [-0.3, -0.25) is 57.5 Å². The number of aryl methyl sites for hydroxylation is 2. The van der Waals surface area contributed by atoms with E-state index in [9.17, 15) is 51.5 Å². The quantitative estimate of drug-likeness (QED) is 0.203. The van der Waals surface area contributed by atoms with Crippen LogP contribution in [-0.2, 0) is 76.6 Å². The molecule has 4 aliphatic rings. The van der Waals surface area contributed by atoms with Crippen molar-refractivity contribution in [1.82, 2.24) is 60.5 Å². The number of rotatable bonds is 13. The first-order valence-electron chi connectivity index (χ1n) is 34.7. The molecule has 0 aromatic heterocycles. The Kier molecular flexibility index (Phi) is 27.9. The van der Waals surface area contributed by atoms with Crippen molar-refractivity contribution < 1.29 is 70.7 Å². The number of fused-ring (bicyclic) bond motifs is 2. The van der Waals surface area contributed by atoms with Crippen molar-refractivity contribution in [2.75, 3.05) is 69.0 Å². The van der Waals surface area contributed by atoms with Crippen LogP contribution >= 0.6 is 11.6 Å². The number of carbonyl (C=O) groups excluding carboxylic acids is 12. The molecule has 99 heavy (non-hydrogen) atoms. The first-order chi connectivity index (χ1) is 46.4. The number of nitrogens with zero attached hydrogens (tertiary/aromatic N) is 8. The average Bonchev–Trinajstić information content (AvgIpc) is 1.77. The molecule has 0 bridgehead atoms. The zero-order valence-electron chi connectivity index (χ0n) is 60.2. The molecule has 3 aliphatic heterocycles. The van der Waals surface area contributed by atoms with Crippen LogP contribution in [0.4, 0.5) is 13.2 Å². The Balaban J connectivity index is 1.44. The zero-order chi connectivity index (χ0) is 73.9. The number of hydrogen-bond donors (Lipinski definition) is 4. The van der Waals surface area contributed by atoms with E-state index in [1.165, 1.54) is 91.7 Å². The van der Waals surface area contributed by atoms with Crippen molar-refractivity contribution in [3.05, 3.63) is 69.7 Å². The highest BCUT2D eigenvalue weighted by Gasteiger charge is 2.51. The van der Waals surface area contributed by atoms with Gasteiger partial charge in [-0.15, -0.1) is 0 Å². The Morgan fingerprint density at radius 1 is 0.667 bits per heavy atom. The number of benzene rings is 2. The first-order valence-corrected chi connectivity index (χ1v) is 35.0. The molecule has 0 unspecified atom stereocenters. The van der Waals surface area contributed by atoms with Crippen LogP contribution in [0.25, 0.3) is 0 Å². The van der Waals surface area contributed by atoms with Gasteiger partial charge in [-0.1, -0.05) is 115 Å². The number of halogens is 4. The second-order valence-corrected chi connectivity index (χ2v) is 28.8. The third-order valence-electron chi connectivity index (χ3n) is 20.5. The van der Waals surface area contributed by atoms with Gasteiger partial charge in [-0.05, 0) is 113 Å². The lowest BCUT2D eigenvalue weighted by molar-refractivity contribution is -0.157. The van der Waals surface area contributed by atoms with Gasteiger partial charge in [0, 0.05) is 68.8 Å². The predicted molar refractivity (Wildman–Crippen MR) is 365 cm³/mol. The van der Waals surface area contributed by atoms with E-state index < -0.39 is 172 Å². The molecule has 2 aromatic carbocycles. The van der Waals surface area contributed by atoms with Crippen LogP contribution in [0, 0.1) is 24.7 Å². The van der Waals surface area contributed by atoms with Gasteiger partial charge in [0.25, 0.3) is 0 Å². The molecule has 1 aliphatic carbocycles. The highest BCUT2D eigenvalue weighted by molar-refractivity contribution is 6.31. The van der Waals surface area contributed by atoms with Crippen molar-refractivity contribution in [1.29, 1.82) is 0 Å². The van der Waals surface area contributed by atoms with Gasteiger partial charge < -0.3 is 60.5 Å². The summed E-state index contributed by atoms with van der Waals surface area (Å²) in [6.45, 7) is 13.8. The maximum atomic E-state index is 15.4. The number of carbonyl (C=O) groups is 12. The van der Waals surface area contributed by atoms with E-state index in [-0.39, 0.29) is 75.9 Å². The van der Waals surface area contributed by atoms with Crippen LogP contribution in [-0.4, -0.2) is 239 Å². The van der Waals surface area contributed by atoms with E-state index in [0.29, 0.717) is 44.1 Å². The van der Waals surface area contributed by atoms with Crippen LogP contribution in [0.3, 0.4) is 0 Å². The summed E-state index contributed by atoms with van der Waals surface area (Å²) < 4.78 is 41.6. The molecule has 4 fully saturated rings. The molecule has 4 N–H and O–H groups in total. The lowest BCUT2D eigenvalue weighted by Gasteiger charge is -2.44. The summed E-state index contributed by atoms with van der Waals surface area (Å²) in [4.78, 5) is 188. The molecule has 28 heteroatoms. The molecule has 24 nitrogen and oxygen atoms in total. The summed E-state index contributed by atoms with van der Waals surface area (Å²) in [5.74, 6) is -9.37. The maximum absolute atomic E-state index is 15.4. The lowest BCUT2D eigenvalue weighted by atomic mass is 9.90. The molecule has 0 radical (unpaired) electrons. The molecule has 548 valence electrons. The van der Waals surface area contributed by atoms with Crippen molar-refractivity contribution in [3.8, 4) is 0 Å². The van der Waals surface area contributed by atoms with E-state index in [4.69, 9.17) is 11.6 Å². The van der Waals surface area contributed by atoms with Gasteiger partial charge in [0.2, 0.25) is 70.9 Å². The van der Waals surface area contributed by atoms with E-state index in [1.807, 2.05) is 46.8 Å². The van der Waals surface area contributed by atoms with E-state index in [0.717, 1.165) is 27.5 Å². The summed E-state index contributed by atoms with van der Waals surface area (Å²) in [6, 6.07) is -1.11. The fourth-order valence-corrected chi connectivity index (χ4v) is 14.0. The van der Waals surface area contributed by atoms with Crippen molar-refractivity contribution in [3.63, 3.8) is 0 Å². The third-order valence-corrected chi connectivity index (χ3v) is 20.9. The van der Waals surface area contributed by atoms with Crippen molar-refractivity contribution in [2.45, 2.75) is 218 Å². The van der Waals surface area contributed by atoms with Crippen molar-refractivity contribution in [2.24, 2.45) is 17.8 Å². The predicted octanol–water partition coefficient (Wildman–Crippen LogP) is 5.12. The maximum Gasteiger partial charge on any atom is 0.417 e. The van der Waals surface area contributed by atoms with E-state index >= 15 is 19.2 Å². The largest absolute Gasteiger partial charge is 0.417 e. The molecule has 2 aromatic rings. The van der Waals surface area contributed by atoms with Gasteiger partial charge in [-0.25, -0.2) is 0 Å². The van der Waals surface area contributed by atoms with Crippen LogP contribution in [0.5, 0.6) is 0 Å². The fourth-order valence-electron chi connectivity index (χ4n) is 13.7. The number of nitrogens with one attached hydrogen (secondary N) is 4. The standard InChI is InChI=1S/C71H104ClF3N12O12/c1-16-43(6)58-62(92)76-45(8)63(93)87-36-32-53(87)67(97)83(13)54(38-47-25-23-42(5)24-26-47)66(96)81(11)40-56(88)77-50(30-28-46-27-29-48(49(72)37-46)71(73,74)75)64(94)86-35-20-21-52(86)61(91)79-70(33-18-19-34-70)69(99)85(15)59(44(7)17-2)68(98)84(14)55(65(95)80(9)10)39-57(89)82(12)51(60(90)78-58)31-22-41(3)4/h23-27,29,37,41,43-45,50-55,58-59H,16-22,28,30-36,38-40H2,1-15H3,(H,76,92)(H,77,88)(H,78,90)(H,79,91)/t43-,44-,45-,50-,51-,52-,53-,54-,55-,58-,59-/m0/s1. The van der Waals surface area contributed by atoms with Crippen LogP contribution in [0.15, 0.2) is 42.5 Å². The Morgan fingerprint density at radius 3 is 1.85 bits per heavy atom. The molecule has 6 rings (SSSR count). The minimum absolute atomic E-state index is 0.0137. The molecular formula is C71H104ClF3N12O12. The van der Waals surface area contributed by atoms with Crippen LogP contribution < -0.4 is 21.3 Å². The van der Waals surface area contributed by atoms with E-state index in [1.54, 1.807) is 26.0 Å². The van der Waals surface area contributed by atoms with Gasteiger partial charge in [0.05, 0.1) is 23.6 Å². The Hall–Kier alpha value is -7.84. The topological polar surface area (TPSA) is 279 Å². The minimum atomic E-state index is -4.77. The van der Waals surface area contributed by atoms with Gasteiger partial charge >= 0.3 is 6.18 Å². The minimum Gasteiger partial charge on any atom is -0.347 e. The highest BCUT2D eigenvalue weighted by atomic mass is 35.5. The summed E-state index contributed by atoms with van der Waals surface area (Å²) >= 11 is 6.14. The first kappa shape index (κ1) is 80.1. The summed E-state index contributed by atoms with van der Waals surface area (Å²) in [5.41, 5.74) is -0.842. The highest BCUT2D eigenvalue weighted by Crippen LogP contribution is 2.37. The monoisotopic (exact) mass is 1410 g/mol. The van der Waals surface area contributed by atoms with Gasteiger partial charge in [0.15, 0.2) is 0 Å². The average molecular weight is 1410 g/mol. The zero-order valence-corrected chi connectivity index (χ0v) is 60.9. The molecule has 1 spiro atoms. The summed E-state index contributed by atoms with van der Waals surface area (Å²) in [6.07, 6.45) is -2.56. The Morgan fingerprint density at radius 2 is 1.28 bits per heavy atom. The second kappa shape index (κ2) is 34.5. The van der Waals surface area contributed by atoms with Crippen LogP contribution in [0.1, 0.15) is 154 Å². The number of hydrogen-bond acceptors (Lipinski definition) is 12. The smallest absolute Gasteiger partial charge is 0.347 e. The fraction of sp³-hybridized carbons (Fsp3) is 0.662. The SMILES string of the molecule is CC[C@H](C)[C@@H]1NC(=O)[C@H](CCC(C)C)N(C)C(=O)C[C@@H](C(=O)N(C)C)N(C)C(=O)[C@H]([C@@H](C)CC)N(C)C(=O)C2(CCCC2)NC(=O)[C@@H]2CCCN2C(=O)[C@H](CCc2ccc(C(F)(F)F)c(Cl)c2)NC(=O)CN(C)C(=O)[C@H](Cc2ccc(C)cc2)N(C)C(=O)[C@@H]2CCN2C(=O)[C@H](C)NC1=O. The summed E-state index contributed by atoms with van der Waals surface area (Å²) in [7, 11) is 9.87. The molecule has 11 atom stereocenters. The van der Waals surface area contributed by atoms with E-state index in [2.05, 4.69) is 21.3 Å². The lowest BCUT2D eigenvalue weighted by Crippen LogP contribution is -2.65. The number of amides is 12. The normalized spacial score (nSPS) is 26.0. The van der Waals surface area contributed by atoms with Crippen molar-refractivity contribution >= 4 is 82.5 Å². The number of alkyl halides is 3. The van der Waals surface area contributed by atoms with Crippen LogP contribution in [0.2, 0.25) is 5.02 Å². The Labute approximate surface area is 585 Å². The molecule has 3 saturated heterocycles. The second-order valence-electron chi connectivity index (χ2n) is 28.4.